The van der Waals surface area contributed by atoms with Crippen molar-refractivity contribution in [1.82, 2.24) is 10.1 Å². The average molecular weight is 392 g/mol. The van der Waals surface area contributed by atoms with E-state index >= 15 is 0 Å². The molecule has 27 heavy (non-hydrogen) atoms. The van der Waals surface area contributed by atoms with Crippen molar-refractivity contribution in [2.45, 2.75) is 0 Å². The molecule has 2 aromatic carbocycles. The third kappa shape index (κ3) is 3.85. The van der Waals surface area contributed by atoms with E-state index in [2.05, 4.69) is 15.5 Å². The first-order valence-corrected chi connectivity index (χ1v) is 8.22. The maximum absolute atomic E-state index is 6.17. The van der Waals surface area contributed by atoms with Crippen LogP contribution in [0, 0.1) is 0 Å². The largest absolute Gasteiger partial charge is 0.495 e. The van der Waals surface area contributed by atoms with Gasteiger partial charge in [-0.3, -0.25) is 0 Å². The molecule has 0 fully saturated rings. The molecule has 1 heterocycles. The molecule has 3 rings (SSSR count). The Morgan fingerprint density at radius 2 is 1.56 bits per heavy atom. The van der Waals surface area contributed by atoms with Crippen molar-refractivity contribution in [2.75, 3.05) is 33.8 Å². The lowest BCUT2D eigenvalue weighted by molar-refractivity contribution is 0.355. The van der Waals surface area contributed by atoms with Gasteiger partial charge in [0.1, 0.15) is 11.5 Å². The number of anilines is 2. The number of rotatable bonds is 7. The van der Waals surface area contributed by atoms with E-state index in [1.165, 1.54) is 14.2 Å². The predicted molar refractivity (Wildman–Crippen MR) is 101 cm³/mol. The standard InChI is InChI=1S/C18H18ClN3O5/c1-23-13-6-5-10(7-16(13)26-4)17-21-18(27-22-17)20-12-8-11(19)14(24-2)9-15(12)25-3/h5-9H,1-4H3,(H,20,21,22). The summed E-state index contributed by atoms with van der Waals surface area (Å²) in [7, 11) is 6.20. The van der Waals surface area contributed by atoms with Crippen LogP contribution in [0.15, 0.2) is 34.9 Å². The van der Waals surface area contributed by atoms with Gasteiger partial charge in [-0.05, 0) is 24.3 Å². The summed E-state index contributed by atoms with van der Waals surface area (Å²) in [4.78, 5) is 4.34. The van der Waals surface area contributed by atoms with Gasteiger partial charge in [0.05, 0.1) is 39.1 Å². The minimum Gasteiger partial charge on any atom is -0.495 e. The Balaban J connectivity index is 1.88. The third-order valence-electron chi connectivity index (χ3n) is 3.78. The van der Waals surface area contributed by atoms with Crippen LogP contribution in [-0.2, 0) is 0 Å². The molecule has 0 atom stereocenters. The highest BCUT2D eigenvalue weighted by molar-refractivity contribution is 6.32. The number of ether oxygens (including phenoxy) is 4. The van der Waals surface area contributed by atoms with E-state index in [4.69, 9.17) is 35.1 Å². The summed E-state index contributed by atoms with van der Waals surface area (Å²) in [5, 5.41) is 7.39. The summed E-state index contributed by atoms with van der Waals surface area (Å²) in [6, 6.07) is 8.83. The number of hydrogen-bond donors (Lipinski definition) is 1. The van der Waals surface area contributed by atoms with Gasteiger partial charge < -0.3 is 28.8 Å². The highest BCUT2D eigenvalue weighted by atomic mass is 35.5. The Labute approximate surface area is 160 Å². The summed E-state index contributed by atoms with van der Waals surface area (Å²) in [6.07, 6.45) is 0. The normalized spacial score (nSPS) is 10.4. The van der Waals surface area contributed by atoms with Crippen molar-refractivity contribution >= 4 is 23.3 Å². The highest BCUT2D eigenvalue weighted by Gasteiger charge is 2.15. The van der Waals surface area contributed by atoms with Crippen LogP contribution in [0.25, 0.3) is 11.4 Å². The van der Waals surface area contributed by atoms with Crippen LogP contribution in [0.4, 0.5) is 11.7 Å². The predicted octanol–water partition coefficient (Wildman–Crippen LogP) is 4.17. The van der Waals surface area contributed by atoms with Crippen LogP contribution in [0.5, 0.6) is 23.0 Å². The van der Waals surface area contributed by atoms with Crippen LogP contribution < -0.4 is 24.3 Å². The van der Waals surface area contributed by atoms with Gasteiger partial charge in [-0.2, -0.15) is 4.98 Å². The van der Waals surface area contributed by atoms with E-state index in [1.54, 1.807) is 44.6 Å². The second-order valence-corrected chi connectivity index (χ2v) is 5.71. The molecule has 3 aromatic rings. The van der Waals surface area contributed by atoms with Gasteiger partial charge in [-0.25, -0.2) is 0 Å². The monoisotopic (exact) mass is 391 g/mol. The maximum Gasteiger partial charge on any atom is 0.326 e. The molecule has 0 saturated heterocycles. The zero-order chi connectivity index (χ0) is 19.4. The van der Waals surface area contributed by atoms with Crippen molar-refractivity contribution in [2.24, 2.45) is 0 Å². The molecule has 0 aliphatic carbocycles. The summed E-state index contributed by atoms with van der Waals surface area (Å²) in [6.45, 7) is 0. The number of benzene rings is 2. The number of nitrogens with one attached hydrogen (secondary N) is 1. The van der Waals surface area contributed by atoms with E-state index < -0.39 is 0 Å². The van der Waals surface area contributed by atoms with Crippen LogP contribution >= 0.6 is 11.6 Å². The van der Waals surface area contributed by atoms with Crippen molar-refractivity contribution in [3.05, 3.63) is 35.4 Å². The molecule has 1 N–H and O–H groups in total. The number of halogens is 1. The molecule has 0 bridgehead atoms. The number of hydrogen-bond acceptors (Lipinski definition) is 8. The molecule has 9 heteroatoms. The Hall–Kier alpha value is -3.13. The van der Waals surface area contributed by atoms with Crippen molar-refractivity contribution in [1.29, 1.82) is 0 Å². The minimum atomic E-state index is 0.180. The van der Waals surface area contributed by atoms with Gasteiger partial charge in [0.15, 0.2) is 11.5 Å². The van der Waals surface area contributed by atoms with Gasteiger partial charge in [-0.1, -0.05) is 16.8 Å². The Morgan fingerprint density at radius 1 is 0.852 bits per heavy atom. The fourth-order valence-electron chi connectivity index (χ4n) is 2.44. The molecule has 1 aromatic heterocycles. The number of nitrogens with zero attached hydrogens (tertiary/aromatic N) is 2. The van der Waals surface area contributed by atoms with Crippen LogP contribution in [0.2, 0.25) is 5.02 Å². The van der Waals surface area contributed by atoms with E-state index in [0.29, 0.717) is 45.1 Å². The van der Waals surface area contributed by atoms with E-state index in [-0.39, 0.29) is 6.01 Å². The highest BCUT2D eigenvalue weighted by Crippen LogP contribution is 2.37. The Morgan fingerprint density at radius 3 is 2.22 bits per heavy atom. The molecule has 142 valence electrons. The minimum absolute atomic E-state index is 0.180. The lowest BCUT2D eigenvalue weighted by atomic mass is 10.2. The molecular weight excluding hydrogens is 374 g/mol. The SMILES string of the molecule is COc1cc(OC)c(Nc2nc(-c3ccc(OC)c(OC)c3)no2)cc1Cl. The molecule has 0 aliphatic heterocycles. The van der Waals surface area contributed by atoms with Gasteiger partial charge in [0, 0.05) is 11.6 Å². The lowest BCUT2D eigenvalue weighted by Crippen LogP contribution is -1.96. The zero-order valence-corrected chi connectivity index (χ0v) is 16.0. The quantitative estimate of drug-likeness (QED) is 0.642. The fourth-order valence-corrected chi connectivity index (χ4v) is 2.68. The van der Waals surface area contributed by atoms with Gasteiger partial charge >= 0.3 is 6.01 Å². The van der Waals surface area contributed by atoms with E-state index in [9.17, 15) is 0 Å². The fraction of sp³-hybridized carbons (Fsp3) is 0.222. The molecule has 0 unspecified atom stereocenters. The topological polar surface area (TPSA) is 87.9 Å². The maximum atomic E-state index is 6.17. The van der Waals surface area contributed by atoms with Crippen molar-refractivity contribution in [3.8, 4) is 34.4 Å². The Bertz CT molecular complexity index is 945. The van der Waals surface area contributed by atoms with Gasteiger partial charge in [0.25, 0.3) is 0 Å². The number of methoxy groups -OCH3 is 4. The van der Waals surface area contributed by atoms with Crippen molar-refractivity contribution in [3.63, 3.8) is 0 Å². The van der Waals surface area contributed by atoms with E-state index in [1.807, 2.05) is 0 Å². The first-order chi connectivity index (χ1) is 13.1. The second kappa shape index (κ2) is 8.05. The second-order valence-electron chi connectivity index (χ2n) is 5.30. The van der Waals surface area contributed by atoms with Crippen LogP contribution in [-0.4, -0.2) is 38.6 Å². The first-order valence-electron chi connectivity index (χ1n) is 7.84. The number of aromatic nitrogens is 2. The van der Waals surface area contributed by atoms with Gasteiger partial charge in [0.2, 0.25) is 5.82 Å². The summed E-state index contributed by atoms with van der Waals surface area (Å²) in [5.41, 5.74) is 1.27. The molecular formula is C18H18ClN3O5. The summed E-state index contributed by atoms with van der Waals surface area (Å²) < 4.78 is 26.3. The van der Waals surface area contributed by atoms with Crippen LogP contribution in [0.3, 0.4) is 0 Å². The molecule has 0 saturated carbocycles. The molecule has 0 radical (unpaired) electrons. The zero-order valence-electron chi connectivity index (χ0n) is 15.2. The molecule has 0 aliphatic rings. The summed E-state index contributed by atoms with van der Waals surface area (Å²) in [5.74, 6) is 2.58. The first kappa shape index (κ1) is 18.7. The smallest absolute Gasteiger partial charge is 0.326 e. The van der Waals surface area contributed by atoms with E-state index in [0.717, 1.165) is 0 Å². The molecule has 0 spiro atoms. The summed E-state index contributed by atoms with van der Waals surface area (Å²) >= 11 is 6.17. The molecule has 0 amide bonds. The Kier molecular flexibility index (Phi) is 5.56. The van der Waals surface area contributed by atoms with Crippen molar-refractivity contribution < 1.29 is 23.5 Å². The van der Waals surface area contributed by atoms with Crippen LogP contribution in [0.1, 0.15) is 0 Å². The lowest BCUT2D eigenvalue weighted by Gasteiger charge is -2.11. The molecule has 8 nitrogen and oxygen atoms in total. The third-order valence-corrected chi connectivity index (χ3v) is 4.08. The van der Waals surface area contributed by atoms with Gasteiger partial charge in [-0.15, -0.1) is 0 Å². The average Bonchev–Trinajstić information content (AvgIpc) is 3.16.